The second-order valence-electron chi connectivity index (χ2n) is 4.16. The Morgan fingerprint density at radius 2 is 2.05 bits per heavy atom. The number of carboxylic acids is 1. The second kappa shape index (κ2) is 5.97. The molecule has 1 fully saturated rings. The lowest BCUT2D eigenvalue weighted by Gasteiger charge is -2.32. The van der Waals surface area contributed by atoms with E-state index in [0.717, 1.165) is 5.75 Å². The van der Waals surface area contributed by atoms with Crippen LogP contribution in [0, 0.1) is 0 Å². The summed E-state index contributed by atoms with van der Waals surface area (Å²) in [4.78, 5) is 24.9. The largest absolute Gasteiger partial charge is 0.497 e. The van der Waals surface area contributed by atoms with E-state index in [4.69, 9.17) is 9.84 Å². The van der Waals surface area contributed by atoms with Crippen LogP contribution in [-0.2, 0) is 4.79 Å². The molecule has 1 saturated heterocycles. The third-order valence-corrected chi connectivity index (χ3v) is 4.03. The molecule has 6 heteroatoms. The van der Waals surface area contributed by atoms with E-state index in [-0.39, 0.29) is 5.91 Å². The standard InChI is InChI=1S/C13H15NO4S/c1-18-10-4-2-9(3-5-10)12(15)14-6-7-19-8-11(14)13(16)17/h2-5,11H,6-8H2,1H3,(H,16,17). The van der Waals surface area contributed by atoms with Crippen LogP contribution >= 0.6 is 11.8 Å². The summed E-state index contributed by atoms with van der Waals surface area (Å²) in [5.41, 5.74) is 0.485. The summed E-state index contributed by atoms with van der Waals surface area (Å²) in [6.07, 6.45) is 0. The van der Waals surface area contributed by atoms with Crippen molar-refractivity contribution in [3.8, 4) is 5.75 Å². The summed E-state index contributed by atoms with van der Waals surface area (Å²) >= 11 is 1.56. The molecule has 1 heterocycles. The van der Waals surface area contributed by atoms with Gasteiger partial charge in [0.1, 0.15) is 11.8 Å². The number of carbonyl (C=O) groups is 2. The molecule has 19 heavy (non-hydrogen) atoms. The lowest BCUT2D eigenvalue weighted by molar-refractivity contribution is -0.141. The molecule has 0 radical (unpaired) electrons. The molecule has 0 saturated carbocycles. The van der Waals surface area contributed by atoms with Gasteiger partial charge in [0.15, 0.2) is 0 Å². The molecule has 1 unspecified atom stereocenters. The first-order valence-corrected chi connectivity index (χ1v) is 7.04. The van der Waals surface area contributed by atoms with Gasteiger partial charge >= 0.3 is 5.97 Å². The van der Waals surface area contributed by atoms with Crippen molar-refractivity contribution in [2.45, 2.75) is 6.04 Å². The third-order valence-electron chi connectivity index (χ3n) is 3.01. The highest BCUT2D eigenvalue weighted by molar-refractivity contribution is 7.99. The fourth-order valence-corrected chi connectivity index (χ4v) is 2.99. The van der Waals surface area contributed by atoms with Crippen LogP contribution < -0.4 is 4.74 Å². The predicted octanol–water partition coefficient (Wildman–Crippen LogP) is 1.34. The van der Waals surface area contributed by atoms with Gasteiger partial charge in [-0.3, -0.25) is 4.79 Å². The van der Waals surface area contributed by atoms with Crippen LogP contribution in [0.2, 0.25) is 0 Å². The molecule has 5 nitrogen and oxygen atoms in total. The zero-order valence-corrected chi connectivity index (χ0v) is 11.4. The van der Waals surface area contributed by atoms with Gasteiger partial charge in [-0.1, -0.05) is 0 Å². The predicted molar refractivity (Wildman–Crippen MR) is 72.8 cm³/mol. The van der Waals surface area contributed by atoms with Gasteiger partial charge in [0.25, 0.3) is 5.91 Å². The van der Waals surface area contributed by atoms with Gasteiger partial charge in [0.05, 0.1) is 7.11 Å². The van der Waals surface area contributed by atoms with Crippen molar-refractivity contribution < 1.29 is 19.4 Å². The third kappa shape index (κ3) is 3.01. The minimum atomic E-state index is -0.950. The number of nitrogens with zero attached hydrogens (tertiary/aromatic N) is 1. The Hall–Kier alpha value is -1.69. The van der Waals surface area contributed by atoms with Gasteiger partial charge in [0.2, 0.25) is 0 Å². The Morgan fingerprint density at radius 1 is 1.37 bits per heavy atom. The fourth-order valence-electron chi connectivity index (χ4n) is 1.95. The molecular weight excluding hydrogens is 266 g/mol. The number of amides is 1. The minimum Gasteiger partial charge on any atom is -0.497 e. The van der Waals surface area contributed by atoms with Gasteiger partial charge in [0, 0.05) is 23.6 Å². The van der Waals surface area contributed by atoms with Gasteiger partial charge < -0.3 is 14.7 Å². The first-order chi connectivity index (χ1) is 9.13. The molecule has 1 amide bonds. The Labute approximate surface area is 115 Å². The summed E-state index contributed by atoms with van der Waals surface area (Å²) in [5.74, 6) is 0.688. The van der Waals surface area contributed by atoms with Crippen LogP contribution in [0.15, 0.2) is 24.3 Å². The number of rotatable bonds is 3. The summed E-state index contributed by atoms with van der Waals surface area (Å²) in [6.45, 7) is 0.465. The number of carbonyl (C=O) groups excluding carboxylic acids is 1. The topological polar surface area (TPSA) is 66.8 Å². The van der Waals surface area contributed by atoms with Gasteiger partial charge in [-0.05, 0) is 24.3 Å². The number of ether oxygens (including phenoxy) is 1. The number of methoxy groups -OCH3 is 1. The Kier molecular flexibility index (Phi) is 4.31. The normalized spacial score (nSPS) is 19.0. The van der Waals surface area contributed by atoms with E-state index in [1.807, 2.05) is 0 Å². The molecule has 0 bridgehead atoms. The van der Waals surface area contributed by atoms with Crippen LogP contribution in [0.3, 0.4) is 0 Å². The van der Waals surface area contributed by atoms with E-state index in [1.54, 1.807) is 43.1 Å². The summed E-state index contributed by atoms with van der Waals surface area (Å²) in [7, 11) is 1.55. The molecule has 1 aliphatic rings. The molecule has 0 aliphatic carbocycles. The maximum Gasteiger partial charge on any atom is 0.327 e. The van der Waals surface area contributed by atoms with Crippen LogP contribution in [0.4, 0.5) is 0 Å². The van der Waals surface area contributed by atoms with Crippen LogP contribution in [0.5, 0.6) is 5.75 Å². The lowest BCUT2D eigenvalue weighted by Crippen LogP contribution is -2.50. The van der Waals surface area contributed by atoms with Crippen molar-refractivity contribution in [2.75, 3.05) is 25.2 Å². The van der Waals surface area contributed by atoms with E-state index in [9.17, 15) is 9.59 Å². The minimum absolute atomic E-state index is 0.240. The molecule has 1 aromatic carbocycles. The molecule has 1 atom stereocenters. The fraction of sp³-hybridized carbons (Fsp3) is 0.385. The van der Waals surface area contributed by atoms with Gasteiger partial charge in [-0.15, -0.1) is 0 Å². The van der Waals surface area contributed by atoms with Crippen LogP contribution in [0.25, 0.3) is 0 Å². The second-order valence-corrected chi connectivity index (χ2v) is 5.31. The number of carboxylic acid groups (broad SMARTS) is 1. The van der Waals surface area contributed by atoms with E-state index in [0.29, 0.717) is 23.6 Å². The Balaban J connectivity index is 2.18. The van der Waals surface area contributed by atoms with Gasteiger partial charge in [-0.2, -0.15) is 11.8 Å². The maximum absolute atomic E-state index is 12.3. The Bertz CT molecular complexity index is 474. The van der Waals surface area contributed by atoms with Crippen molar-refractivity contribution in [2.24, 2.45) is 0 Å². The number of thioether (sulfide) groups is 1. The van der Waals surface area contributed by atoms with E-state index in [1.165, 1.54) is 4.90 Å². The van der Waals surface area contributed by atoms with Crippen molar-refractivity contribution in [3.63, 3.8) is 0 Å². The van der Waals surface area contributed by atoms with Crippen molar-refractivity contribution in [3.05, 3.63) is 29.8 Å². The van der Waals surface area contributed by atoms with Crippen molar-refractivity contribution >= 4 is 23.6 Å². The number of benzene rings is 1. The zero-order valence-electron chi connectivity index (χ0n) is 10.5. The van der Waals surface area contributed by atoms with E-state index < -0.39 is 12.0 Å². The van der Waals surface area contributed by atoms with Crippen LogP contribution in [0.1, 0.15) is 10.4 Å². The van der Waals surface area contributed by atoms with Crippen molar-refractivity contribution in [1.82, 2.24) is 4.90 Å². The molecule has 2 rings (SSSR count). The smallest absolute Gasteiger partial charge is 0.327 e. The molecule has 0 spiro atoms. The van der Waals surface area contributed by atoms with E-state index in [2.05, 4.69) is 0 Å². The average molecular weight is 281 g/mol. The number of aliphatic carboxylic acids is 1. The molecular formula is C13H15NO4S. The molecule has 0 aromatic heterocycles. The van der Waals surface area contributed by atoms with E-state index >= 15 is 0 Å². The SMILES string of the molecule is COc1ccc(C(=O)N2CCSCC2C(=O)O)cc1. The monoisotopic (exact) mass is 281 g/mol. The lowest BCUT2D eigenvalue weighted by atomic mass is 10.1. The average Bonchev–Trinajstić information content (AvgIpc) is 2.46. The highest BCUT2D eigenvalue weighted by atomic mass is 32.2. The van der Waals surface area contributed by atoms with Crippen molar-refractivity contribution in [1.29, 1.82) is 0 Å². The summed E-state index contributed by atoms with van der Waals surface area (Å²) in [6, 6.07) is 5.96. The maximum atomic E-state index is 12.3. The van der Waals surface area contributed by atoms with Gasteiger partial charge in [-0.25, -0.2) is 4.79 Å². The summed E-state index contributed by atoms with van der Waals surface area (Å²) < 4.78 is 5.03. The molecule has 1 aliphatic heterocycles. The first-order valence-electron chi connectivity index (χ1n) is 5.89. The zero-order chi connectivity index (χ0) is 13.8. The first kappa shape index (κ1) is 13.7. The Morgan fingerprint density at radius 3 is 2.63 bits per heavy atom. The quantitative estimate of drug-likeness (QED) is 0.905. The summed E-state index contributed by atoms with van der Waals surface area (Å²) in [5, 5.41) is 9.16. The highest BCUT2D eigenvalue weighted by Gasteiger charge is 2.32. The highest BCUT2D eigenvalue weighted by Crippen LogP contribution is 2.20. The molecule has 1 aromatic rings. The molecule has 1 N–H and O–H groups in total. The number of hydrogen-bond acceptors (Lipinski definition) is 4. The number of hydrogen-bond donors (Lipinski definition) is 1. The van der Waals surface area contributed by atoms with Crippen LogP contribution in [-0.4, -0.2) is 53.1 Å². The molecule has 102 valence electrons.